The maximum Gasteiger partial charge on any atom is 0.303 e. The van der Waals surface area contributed by atoms with E-state index in [4.69, 9.17) is 16.7 Å². The molecular formula is C13H18ClN3O3. The summed E-state index contributed by atoms with van der Waals surface area (Å²) in [5.41, 5.74) is 0.0203. The molecule has 0 spiro atoms. The molecule has 0 unspecified atom stereocenters. The van der Waals surface area contributed by atoms with Crippen LogP contribution < -0.4 is 5.32 Å². The lowest BCUT2D eigenvalue weighted by Gasteiger charge is -2.23. The Balaban J connectivity index is 2.40. The first-order valence-corrected chi connectivity index (χ1v) is 6.65. The molecule has 0 saturated heterocycles. The van der Waals surface area contributed by atoms with E-state index in [9.17, 15) is 9.59 Å². The van der Waals surface area contributed by atoms with Gasteiger partial charge in [0.1, 0.15) is 10.8 Å². The Morgan fingerprint density at radius 3 is 2.65 bits per heavy atom. The highest BCUT2D eigenvalue weighted by molar-refractivity contribution is 6.29. The van der Waals surface area contributed by atoms with Crippen molar-refractivity contribution in [3.8, 4) is 0 Å². The molecule has 1 aromatic heterocycles. The van der Waals surface area contributed by atoms with Gasteiger partial charge in [-0.1, -0.05) is 25.4 Å². The molecule has 110 valence electrons. The average Bonchev–Trinajstić information content (AvgIpc) is 2.36. The van der Waals surface area contributed by atoms with Gasteiger partial charge in [0.25, 0.3) is 5.91 Å². The van der Waals surface area contributed by atoms with E-state index in [1.807, 2.05) is 13.8 Å². The highest BCUT2D eigenvalue weighted by Crippen LogP contribution is 2.25. The Hall–Kier alpha value is -1.69. The minimum atomic E-state index is -0.809. The molecule has 1 amide bonds. The Bertz CT molecular complexity index is 492. The molecule has 0 aromatic carbocycles. The number of hydrogen-bond acceptors (Lipinski definition) is 4. The van der Waals surface area contributed by atoms with Crippen molar-refractivity contribution in [1.82, 2.24) is 15.3 Å². The van der Waals surface area contributed by atoms with Crippen LogP contribution in [0, 0.1) is 5.41 Å². The quantitative estimate of drug-likeness (QED) is 0.804. The number of rotatable bonds is 7. The smallest absolute Gasteiger partial charge is 0.303 e. The molecule has 0 atom stereocenters. The normalized spacial score (nSPS) is 11.2. The largest absolute Gasteiger partial charge is 0.481 e. The van der Waals surface area contributed by atoms with Crippen LogP contribution >= 0.6 is 11.6 Å². The minimum absolute atomic E-state index is 0.126. The molecule has 6 nitrogen and oxygen atoms in total. The van der Waals surface area contributed by atoms with Gasteiger partial charge in [-0.25, -0.2) is 4.98 Å². The van der Waals surface area contributed by atoms with E-state index < -0.39 is 5.97 Å². The number of halogens is 1. The fraction of sp³-hybridized carbons (Fsp3) is 0.538. The van der Waals surface area contributed by atoms with Crippen LogP contribution in [0.25, 0.3) is 0 Å². The van der Waals surface area contributed by atoms with E-state index in [1.165, 1.54) is 12.4 Å². The molecule has 0 fully saturated rings. The van der Waals surface area contributed by atoms with Crippen molar-refractivity contribution < 1.29 is 14.7 Å². The zero-order chi connectivity index (χ0) is 15.2. The number of carboxylic acids is 1. The number of nitrogens with one attached hydrogen (secondary N) is 1. The summed E-state index contributed by atoms with van der Waals surface area (Å²) >= 11 is 5.66. The predicted molar refractivity (Wildman–Crippen MR) is 74.6 cm³/mol. The lowest BCUT2D eigenvalue weighted by molar-refractivity contribution is -0.137. The van der Waals surface area contributed by atoms with Gasteiger partial charge in [-0.2, -0.15) is 0 Å². The molecule has 7 heteroatoms. The van der Waals surface area contributed by atoms with E-state index in [2.05, 4.69) is 15.3 Å². The average molecular weight is 300 g/mol. The zero-order valence-electron chi connectivity index (χ0n) is 11.5. The first-order chi connectivity index (χ1) is 9.30. The predicted octanol–water partition coefficient (Wildman–Crippen LogP) is 2.14. The second kappa shape index (κ2) is 7.19. The van der Waals surface area contributed by atoms with Crippen LogP contribution in [-0.4, -0.2) is 33.5 Å². The number of aromatic nitrogens is 2. The second-order valence-electron chi connectivity index (χ2n) is 5.29. The summed E-state index contributed by atoms with van der Waals surface area (Å²) in [6.45, 7) is 4.39. The Labute approximate surface area is 122 Å². The molecule has 1 rings (SSSR count). The number of hydrogen-bond donors (Lipinski definition) is 2. The van der Waals surface area contributed by atoms with E-state index in [-0.39, 0.29) is 28.6 Å². The van der Waals surface area contributed by atoms with Crippen molar-refractivity contribution in [2.45, 2.75) is 33.1 Å². The number of carbonyl (C=O) groups excluding carboxylic acids is 1. The fourth-order valence-corrected chi connectivity index (χ4v) is 1.77. The van der Waals surface area contributed by atoms with Crippen molar-refractivity contribution in [2.75, 3.05) is 6.54 Å². The van der Waals surface area contributed by atoms with Crippen molar-refractivity contribution >= 4 is 23.5 Å². The van der Waals surface area contributed by atoms with Crippen molar-refractivity contribution in [3.63, 3.8) is 0 Å². The highest BCUT2D eigenvalue weighted by atomic mass is 35.5. The molecule has 0 aliphatic carbocycles. The van der Waals surface area contributed by atoms with Gasteiger partial charge in [0.05, 0.1) is 12.4 Å². The summed E-state index contributed by atoms with van der Waals surface area (Å²) in [5.74, 6) is -1.15. The summed E-state index contributed by atoms with van der Waals surface area (Å²) in [4.78, 5) is 30.0. The topological polar surface area (TPSA) is 92.2 Å². The summed E-state index contributed by atoms with van der Waals surface area (Å²) in [6, 6.07) is 0. The zero-order valence-corrected chi connectivity index (χ0v) is 12.3. The molecule has 0 aliphatic rings. The first-order valence-electron chi connectivity index (χ1n) is 6.28. The standard InChI is InChI=1S/C13H18ClN3O3/c1-13(2,4-3-11(18)19)5-6-16-12(20)9-7-15-8-10(14)17-9/h7-8H,3-6H2,1-2H3,(H,16,20)(H,18,19). The molecule has 2 N–H and O–H groups in total. The second-order valence-corrected chi connectivity index (χ2v) is 5.68. The van der Waals surface area contributed by atoms with E-state index in [0.29, 0.717) is 19.4 Å². The van der Waals surface area contributed by atoms with Crippen LogP contribution in [-0.2, 0) is 4.79 Å². The number of aliphatic carboxylic acids is 1. The van der Waals surface area contributed by atoms with Gasteiger partial charge in [0.2, 0.25) is 0 Å². The van der Waals surface area contributed by atoms with Gasteiger partial charge in [0, 0.05) is 13.0 Å². The van der Waals surface area contributed by atoms with Gasteiger partial charge in [-0.3, -0.25) is 14.6 Å². The molecule has 1 heterocycles. The van der Waals surface area contributed by atoms with Crippen LogP contribution in [0.3, 0.4) is 0 Å². The molecule has 0 saturated carbocycles. The maximum atomic E-state index is 11.8. The summed E-state index contributed by atoms with van der Waals surface area (Å²) in [6.07, 6.45) is 4.07. The lowest BCUT2D eigenvalue weighted by Crippen LogP contribution is -2.29. The SMILES string of the molecule is CC(C)(CCNC(=O)c1cncc(Cl)n1)CCC(=O)O. The van der Waals surface area contributed by atoms with E-state index in [0.717, 1.165) is 0 Å². The number of carbonyl (C=O) groups is 2. The van der Waals surface area contributed by atoms with Gasteiger partial charge in [-0.15, -0.1) is 0 Å². The van der Waals surface area contributed by atoms with Gasteiger partial charge >= 0.3 is 5.97 Å². The van der Waals surface area contributed by atoms with Crippen molar-refractivity contribution in [1.29, 1.82) is 0 Å². The Morgan fingerprint density at radius 1 is 1.35 bits per heavy atom. The van der Waals surface area contributed by atoms with E-state index >= 15 is 0 Å². The van der Waals surface area contributed by atoms with Crippen LogP contribution in [0.1, 0.15) is 43.6 Å². The molecule has 1 aromatic rings. The minimum Gasteiger partial charge on any atom is -0.481 e. The fourth-order valence-electron chi connectivity index (χ4n) is 1.63. The third-order valence-electron chi connectivity index (χ3n) is 2.94. The van der Waals surface area contributed by atoms with Crippen LogP contribution in [0.4, 0.5) is 0 Å². The third kappa shape index (κ3) is 5.97. The van der Waals surface area contributed by atoms with Crippen LogP contribution in [0.2, 0.25) is 5.15 Å². The molecule has 0 aliphatic heterocycles. The lowest BCUT2D eigenvalue weighted by atomic mass is 9.84. The summed E-state index contributed by atoms with van der Waals surface area (Å²) < 4.78 is 0. The van der Waals surface area contributed by atoms with Crippen LogP contribution in [0.5, 0.6) is 0 Å². The Kier molecular flexibility index (Phi) is 5.88. The number of amides is 1. The first kappa shape index (κ1) is 16.4. The Morgan fingerprint density at radius 2 is 2.05 bits per heavy atom. The highest BCUT2D eigenvalue weighted by Gasteiger charge is 2.19. The summed E-state index contributed by atoms with van der Waals surface area (Å²) in [7, 11) is 0. The molecular weight excluding hydrogens is 282 g/mol. The van der Waals surface area contributed by atoms with Gasteiger partial charge in [-0.05, 0) is 18.3 Å². The summed E-state index contributed by atoms with van der Waals surface area (Å²) in [5, 5.41) is 11.6. The number of nitrogens with zero attached hydrogens (tertiary/aromatic N) is 2. The van der Waals surface area contributed by atoms with Gasteiger partial charge < -0.3 is 10.4 Å². The monoisotopic (exact) mass is 299 g/mol. The third-order valence-corrected chi connectivity index (χ3v) is 3.12. The molecule has 0 bridgehead atoms. The van der Waals surface area contributed by atoms with Gasteiger partial charge in [0.15, 0.2) is 0 Å². The molecule has 20 heavy (non-hydrogen) atoms. The number of carboxylic acid groups (broad SMARTS) is 1. The van der Waals surface area contributed by atoms with Crippen LogP contribution in [0.15, 0.2) is 12.4 Å². The maximum absolute atomic E-state index is 11.8. The van der Waals surface area contributed by atoms with Crippen molar-refractivity contribution in [2.24, 2.45) is 5.41 Å². The molecule has 0 radical (unpaired) electrons. The van der Waals surface area contributed by atoms with E-state index in [1.54, 1.807) is 0 Å². The van der Waals surface area contributed by atoms with Crippen molar-refractivity contribution in [3.05, 3.63) is 23.2 Å².